The van der Waals surface area contributed by atoms with Crippen LogP contribution in [0, 0.1) is 0 Å². The summed E-state index contributed by atoms with van der Waals surface area (Å²) in [4.78, 5) is 67.4. The third-order valence-corrected chi connectivity index (χ3v) is 8.79. The van der Waals surface area contributed by atoms with Gasteiger partial charge in [-0.25, -0.2) is 0 Å². The summed E-state index contributed by atoms with van der Waals surface area (Å²) >= 11 is 0. The van der Waals surface area contributed by atoms with Crippen LogP contribution in [-0.2, 0) is 28.8 Å². The van der Waals surface area contributed by atoms with Crippen molar-refractivity contribution >= 4 is 35.1 Å². The number of unbranched alkanes of at least 4 members (excludes halogenated alkanes) is 6. The van der Waals surface area contributed by atoms with Crippen LogP contribution in [0.3, 0.4) is 0 Å². The van der Waals surface area contributed by atoms with E-state index in [0.717, 1.165) is 38.5 Å². The number of aliphatic hydroxyl groups is 15. The van der Waals surface area contributed by atoms with E-state index < -0.39 is 128 Å². The molecule has 0 unspecified atom stereocenters. The number of hydrogen-bond acceptors (Lipinski definition) is 24. The Kier molecular flexibility index (Phi) is 38.6. The second-order valence-corrected chi connectivity index (χ2v) is 13.9. The molecule has 0 aromatic heterocycles. The minimum absolute atomic E-state index is 0.261. The third-order valence-electron chi connectivity index (χ3n) is 8.79. The van der Waals surface area contributed by atoms with Crippen LogP contribution in [0.15, 0.2) is 0 Å². The summed E-state index contributed by atoms with van der Waals surface area (Å²) in [6.45, 7) is -0.698. The number of rotatable bonds is 33. The molecular weight excluding hydrogens is 852 g/mol. The molecule has 0 saturated carbocycles. The molecule has 0 aromatic rings. The number of carbonyl (C=O) groups excluding carboxylic acids is 6. The number of amides is 3. The van der Waals surface area contributed by atoms with Gasteiger partial charge < -0.3 is 110 Å². The number of aliphatic hydroxyl groups excluding tert-OH is 15. The largest absolute Gasteiger partial charge is 0.388 e. The maximum atomic E-state index is 11.5. The van der Waals surface area contributed by atoms with Gasteiger partial charge in [-0.1, -0.05) is 19.3 Å². The van der Waals surface area contributed by atoms with Gasteiger partial charge in [0.15, 0.2) is 35.7 Å². The standard InChI is InChI=1S/3C12H24N2O7/c3*13-4-2-1-3-5-14-12(21)11(20)10(19)9(18)8(17)7(16)6-15/h3*8-11,15,17-20H,1-6,13H2,(H,14,21)/t8-,9+,10+,11-;8-,9+,10-,11-;8-,9-,10+,11+/m001/s1. The molecule has 0 aliphatic rings. The second-order valence-electron chi connectivity index (χ2n) is 13.9. The topological polar surface area (TPSA) is 520 Å². The summed E-state index contributed by atoms with van der Waals surface area (Å²) in [5, 5.41) is 146. The maximum absolute atomic E-state index is 11.5. The molecule has 63 heavy (non-hydrogen) atoms. The molecular formula is C36H72N6O21. The van der Waals surface area contributed by atoms with Crippen molar-refractivity contribution in [1.29, 1.82) is 0 Å². The smallest absolute Gasteiger partial charge is 0.251 e. The van der Waals surface area contributed by atoms with E-state index in [1.165, 1.54) is 0 Å². The van der Waals surface area contributed by atoms with Crippen LogP contribution in [0.1, 0.15) is 57.8 Å². The number of ketones is 3. The molecule has 0 aliphatic carbocycles. The average Bonchev–Trinajstić information content (AvgIpc) is 3.29. The highest BCUT2D eigenvalue weighted by Crippen LogP contribution is 2.09. The Balaban J connectivity index is -0.000000857. The zero-order chi connectivity index (χ0) is 49.2. The van der Waals surface area contributed by atoms with Crippen LogP contribution in [0.5, 0.6) is 0 Å². The fourth-order valence-electron chi connectivity index (χ4n) is 4.72. The van der Waals surface area contributed by atoms with Crippen molar-refractivity contribution in [2.45, 2.75) is 131 Å². The van der Waals surface area contributed by atoms with Crippen molar-refractivity contribution in [3.8, 4) is 0 Å². The SMILES string of the molecule is NCCCCCNC(=O)[C@@H](O)[C@@H](O)[C@H](O)[C@@H](O)C(=O)CO.NCCCCCNC(=O)[C@@H](O)[C@@H](O)[C@H](O)[C@H](O)C(=O)CO.NCCCCCNC(=O)[C@@H](O)[C@H](O)[C@H](O)[C@@H](O)C(=O)CO. The molecule has 0 fully saturated rings. The van der Waals surface area contributed by atoms with Crippen LogP contribution in [-0.4, -0.2) is 244 Å². The zero-order valence-corrected chi connectivity index (χ0v) is 35.0. The molecule has 12 atom stereocenters. The second kappa shape index (κ2) is 38.0. The van der Waals surface area contributed by atoms with E-state index in [-0.39, 0.29) is 19.6 Å². The number of Topliss-reactive ketones (excluding diaryl/α,β-unsaturated/α-hetero) is 3. The van der Waals surface area contributed by atoms with Crippen molar-refractivity contribution in [2.24, 2.45) is 17.2 Å². The van der Waals surface area contributed by atoms with Crippen LogP contribution >= 0.6 is 0 Å². The average molecular weight is 925 g/mol. The highest BCUT2D eigenvalue weighted by Gasteiger charge is 2.39. The predicted octanol–water partition coefficient (Wildman–Crippen LogP) is -11.3. The molecule has 0 radical (unpaired) electrons. The van der Waals surface area contributed by atoms with Gasteiger partial charge in [-0.15, -0.1) is 0 Å². The minimum Gasteiger partial charge on any atom is -0.388 e. The Hall–Kier alpha value is -3.30. The van der Waals surface area contributed by atoms with Gasteiger partial charge in [0, 0.05) is 19.6 Å². The lowest BCUT2D eigenvalue weighted by Gasteiger charge is -2.24. The van der Waals surface area contributed by atoms with Gasteiger partial charge in [0.2, 0.25) is 0 Å². The van der Waals surface area contributed by atoms with Crippen molar-refractivity contribution in [1.82, 2.24) is 16.0 Å². The van der Waals surface area contributed by atoms with E-state index in [0.29, 0.717) is 38.9 Å². The molecule has 0 rings (SSSR count). The fourth-order valence-corrected chi connectivity index (χ4v) is 4.72. The first-order chi connectivity index (χ1) is 29.6. The summed E-state index contributed by atoms with van der Waals surface area (Å²) in [7, 11) is 0. The fraction of sp³-hybridized carbons (Fsp3) is 0.833. The van der Waals surface area contributed by atoms with E-state index in [2.05, 4.69) is 16.0 Å². The molecule has 0 saturated heterocycles. The van der Waals surface area contributed by atoms with Crippen LogP contribution in [0.25, 0.3) is 0 Å². The molecule has 27 nitrogen and oxygen atoms in total. The van der Waals surface area contributed by atoms with Gasteiger partial charge >= 0.3 is 0 Å². The molecule has 3 amide bonds. The van der Waals surface area contributed by atoms with Gasteiger partial charge in [-0.2, -0.15) is 0 Å². The molecule has 27 heteroatoms. The third kappa shape index (κ3) is 26.9. The lowest BCUT2D eigenvalue weighted by Crippen LogP contribution is -2.53. The van der Waals surface area contributed by atoms with Crippen molar-refractivity contribution in [3.05, 3.63) is 0 Å². The predicted molar refractivity (Wildman–Crippen MR) is 216 cm³/mol. The Morgan fingerprint density at radius 1 is 0.317 bits per heavy atom. The zero-order valence-electron chi connectivity index (χ0n) is 35.0. The van der Waals surface area contributed by atoms with Crippen LogP contribution in [0.2, 0.25) is 0 Å². The van der Waals surface area contributed by atoms with Crippen LogP contribution in [0.4, 0.5) is 0 Å². The number of carbonyl (C=O) groups is 6. The van der Waals surface area contributed by atoms with Gasteiger partial charge in [-0.3, -0.25) is 28.8 Å². The molecule has 372 valence electrons. The maximum Gasteiger partial charge on any atom is 0.251 e. The van der Waals surface area contributed by atoms with E-state index in [4.69, 9.17) is 32.5 Å². The highest BCUT2D eigenvalue weighted by atomic mass is 16.4. The lowest BCUT2D eigenvalue weighted by molar-refractivity contribution is -0.155. The molecule has 0 spiro atoms. The Bertz CT molecular complexity index is 1130. The quantitative estimate of drug-likeness (QED) is 0.0272. The summed E-state index contributed by atoms with van der Waals surface area (Å²) in [6, 6.07) is 0. The van der Waals surface area contributed by atoms with Gasteiger partial charge in [0.1, 0.15) is 74.8 Å². The van der Waals surface area contributed by atoms with E-state index in [9.17, 15) is 90.0 Å². The molecule has 24 N–H and O–H groups in total. The number of nitrogens with one attached hydrogen (secondary N) is 3. The lowest BCUT2D eigenvalue weighted by atomic mass is 10.00. The number of nitrogens with two attached hydrogens (primary N) is 3. The molecule has 0 aliphatic heterocycles. The van der Waals surface area contributed by atoms with Crippen molar-refractivity contribution in [3.63, 3.8) is 0 Å². The molecule has 0 bridgehead atoms. The Morgan fingerprint density at radius 2 is 0.508 bits per heavy atom. The molecule has 0 aromatic carbocycles. The first-order valence-corrected chi connectivity index (χ1v) is 20.1. The van der Waals surface area contributed by atoms with E-state index in [1.54, 1.807) is 0 Å². The number of hydrogen-bond donors (Lipinski definition) is 21. The van der Waals surface area contributed by atoms with Gasteiger partial charge in [0.25, 0.3) is 17.7 Å². The Labute approximate surface area is 363 Å². The van der Waals surface area contributed by atoms with E-state index >= 15 is 0 Å². The minimum atomic E-state index is -2.09. The van der Waals surface area contributed by atoms with E-state index in [1.807, 2.05) is 0 Å². The summed E-state index contributed by atoms with van der Waals surface area (Å²) in [6.07, 6.45) is -18.0. The summed E-state index contributed by atoms with van der Waals surface area (Å²) in [5.74, 6) is -6.18. The first kappa shape index (κ1) is 64.0. The first-order valence-electron chi connectivity index (χ1n) is 20.1. The van der Waals surface area contributed by atoms with Crippen LogP contribution < -0.4 is 33.2 Å². The van der Waals surface area contributed by atoms with Gasteiger partial charge in [-0.05, 0) is 58.2 Å². The van der Waals surface area contributed by atoms with Gasteiger partial charge in [0.05, 0.1) is 0 Å². The highest BCUT2D eigenvalue weighted by molar-refractivity contribution is 5.86. The summed E-state index contributed by atoms with van der Waals surface area (Å²) < 4.78 is 0. The summed E-state index contributed by atoms with van der Waals surface area (Å²) in [5.41, 5.74) is 15.9. The normalized spacial score (nSPS) is 16.9. The monoisotopic (exact) mass is 924 g/mol. The molecule has 0 heterocycles. The van der Waals surface area contributed by atoms with Crippen molar-refractivity contribution in [2.75, 3.05) is 59.1 Å². The van der Waals surface area contributed by atoms with Crippen molar-refractivity contribution < 1.29 is 105 Å². The Morgan fingerprint density at radius 3 is 0.683 bits per heavy atom.